The second kappa shape index (κ2) is 9.44. The molecule has 1 unspecified atom stereocenters. The number of fused-ring (bicyclic) bond motifs is 1. The van der Waals surface area contributed by atoms with Crippen molar-refractivity contribution in [2.45, 2.75) is 49.8 Å². The number of carbonyl (C=O) groups is 2. The van der Waals surface area contributed by atoms with Gasteiger partial charge in [-0.15, -0.1) is 0 Å². The number of carbonyl (C=O) groups excluding carboxylic acids is 2. The van der Waals surface area contributed by atoms with Crippen LogP contribution in [-0.4, -0.2) is 53.0 Å². The maximum absolute atomic E-state index is 13.6. The van der Waals surface area contributed by atoms with Crippen LogP contribution in [0.15, 0.2) is 65.4 Å². The summed E-state index contributed by atoms with van der Waals surface area (Å²) in [5, 5.41) is 0.491. The first-order valence-corrected chi connectivity index (χ1v) is 12.9. The fourth-order valence-electron chi connectivity index (χ4n) is 4.24. The lowest BCUT2D eigenvalue weighted by atomic mass is 10.00. The van der Waals surface area contributed by atoms with Gasteiger partial charge < -0.3 is 4.90 Å². The second-order valence-corrected chi connectivity index (χ2v) is 11.1. The number of hydrogen-bond acceptors (Lipinski definition) is 4. The molecule has 2 aliphatic heterocycles. The van der Waals surface area contributed by atoms with E-state index < -0.39 is 44.5 Å². The normalized spacial score (nSPS) is 19.0. The summed E-state index contributed by atoms with van der Waals surface area (Å²) >= 11 is 5.96. The monoisotopic (exact) mass is 541 g/mol. The number of halogens is 4. The fraction of sp³-hybridized carbons (Fsp3) is 0.333. The van der Waals surface area contributed by atoms with E-state index in [-0.39, 0.29) is 31.2 Å². The van der Waals surface area contributed by atoms with Crippen LogP contribution in [-0.2, 0) is 32.2 Å². The molecule has 1 atom stereocenters. The Hall–Kier alpha value is -3.05. The highest BCUT2D eigenvalue weighted by atomic mass is 35.5. The molecule has 0 spiro atoms. The van der Waals surface area contributed by atoms with Crippen molar-refractivity contribution in [3.05, 3.63) is 76.7 Å². The minimum Gasteiger partial charge on any atom is -0.311 e. The van der Waals surface area contributed by atoms with Gasteiger partial charge in [0, 0.05) is 36.7 Å². The Morgan fingerprint density at radius 3 is 2.36 bits per heavy atom. The van der Waals surface area contributed by atoms with Crippen LogP contribution in [0.25, 0.3) is 0 Å². The quantitative estimate of drug-likeness (QED) is 0.567. The Morgan fingerprint density at radius 2 is 1.75 bits per heavy atom. The van der Waals surface area contributed by atoms with Crippen LogP contribution in [0.2, 0.25) is 5.02 Å². The van der Waals surface area contributed by atoms with E-state index in [1.807, 2.05) is 0 Å². The minimum absolute atomic E-state index is 0.0732. The second-order valence-electron chi connectivity index (χ2n) is 8.79. The van der Waals surface area contributed by atoms with E-state index in [9.17, 15) is 31.2 Å². The lowest BCUT2D eigenvalue weighted by Crippen LogP contribution is -2.61. The molecular weight excluding hydrogens is 519 g/mol. The number of amides is 2. The van der Waals surface area contributed by atoms with E-state index in [0.717, 1.165) is 27.4 Å². The van der Waals surface area contributed by atoms with Crippen molar-refractivity contribution in [3.63, 3.8) is 0 Å². The van der Waals surface area contributed by atoms with Gasteiger partial charge >= 0.3 is 6.18 Å². The van der Waals surface area contributed by atoms with E-state index >= 15 is 0 Å². The van der Waals surface area contributed by atoms with Crippen molar-refractivity contribution >= 4 is 33.4 Å². The van der Waals surface area contributed by atoms with Crippen LogP contribution < -0.4 is 0 Å². The van der Waals surface area contributed by atoms with E-state index in [4.69, 9.17) is 11.6 Å². The molecule has 0 aromatic heterocycles. The summed E-state index contributed by atoms with van der Waals surface area (Å²) in [5.41, 5.74) is -0.404. The van der Waals surface area contributed by atoms with Gasteiger partial charge in [0.05, 0.1) is 10.5 Å². The van der Waals surface area contributed by atoms with Crippen molar-refractivity contribution in [1.82, 2.24) is 14.1 Å². The molecular formula is C24H23ClF3N3O4S. The van der Waals surface area contributed by atoms with Gasteiger partial charge in [-0.25, -0.2) is 12.7 Å². The van der Waals surface area contributed by atoms with Crippen LogP contribution in [0.1, 0.15) is 31.4 Å². The van der Waals surface area contributed by atoms with Crippen LogP contribution in [0.5, 0.6) is 0 Å². The molecule has 7 nitrogen and oxygen atoms in total. The molecule has 0 radical (unpaired) electrons. The Kier molecular flexibility index (Phi) is 6.82. The first kappa shape index (κ1) is 26.0. The zero-order valence-corrected chi connectivity index (χ0v) is 20.9. The maximum Gasteiger partial charge on any atom is 0.416 e. The molecule has 2 aromatic rings. The average Bonchev–Trinajstić information content (AvgIpc) is 2.81. The maximum atomic E-state index is 13.6. The third-order valence-electron chi connectivity index (χ3n) is 6.05. The highest BCUT2D eigenvalue weighted by Crippen LogP contribution is 2.36. The van der Waals surface area contributed by atoms with Crippen LogP contribution in [0.3, 0.4) is 0 Å². The molecule has 2 aliphatic rings. The molecule has 1 fully saturated rings. The Morgan fingerprint density at radius 1 is 1.08 bits per heavy atom. The number of rotatable bonds is 5. The SMILES string of the molecule is CC(C)N1C=C2N(C(=O)CCN2S(=O)(=O)c2cccc(C(F)(F)F)c2)C(Cc2ccc(Cl)cc2)C1=O. The van der Waals surface area contributed by atoms with Crippen LogP contribution in [0.4, 0.5) is 13.2 Å². The lowest BCUT2D eigenvalue weighted by molar-refractivity contribution is -0.148. The van der Waals surface area contributed by atoms with Gasteiger partial charge in [-0.1, -0.05) is 29.8 Å². The zero-order chi connectivity index (χ0) is 26.4. The first-order chi connectivity index (χ1) is 16.8. The Balaban J connectivity index is 1.79. The van der Waals surface area contributed by atoms with Crippen molar-refractivity contribution < 1.29 is 31.2 Å². The highest BCUT2D eigenvalue weighted by Gasteiger charge is 2.47. The van der Waals surface area contributed by atoms with Crippen molar-refractivity contribution in [2.75, 3.05) is 6.54 Å². The van der Waals surface area contributed by atoms with E-state index in [2.05, 4.69) is 0 Å². The average molecular weight is 542 g/mol. The standard InChI is InChI=1S/C24H23ClF3N3O4S/c1-15(2)29-14-21-30(36(34,35)19-5-3-4-17(13-19)24(26,27)28)11-10-22(32)31(21)20(23(29)33)12-16-6-8-18(25)9-7-16/h3-9,13-15,20H,10-12H2,1-2H3. The summed E-state index contributed by atoms with van der Waals surface area (Å²) in [5.74, 6) is -0.918. The van der Waals surface area contributed by atoms with Gasteiger partial charge in [-0.3, -0.25) is 14.5 Å². The highest BCUT2D eigenvalue weighted by molar-refractivity contribution is 7.89. The van der Waals surface area contributed by atoms with Gasteiger partial charge in [0.2, 0.25) is 11.8 Å². The van der Waals surface area contributed by atoms with E-state index in [1.165, 1.54) is 11.1 Å². The number of hydrogen-bond donors (Lipinski definition) is 0. The van der Waals surface area contributed by atoms with Crippen LogP contribution in [0, 0.1) is 0 Å². The van der Waals surface area contributed by atoms with Crippen LogP contribution >= 0.6 is 11.6 Å². The van der Waals surface area contributed by atoms with Gasteiger partial charge in [0.1, 0.15) is 11.9 Å². The molecule has 0 saturated carbocycles. The summed E-state index contributed by atoms with van der Waals surface area (Å²) in [4.78, 5) is 28.3. The largest absolute Gasteiger partial charge is 0.416 e. The van der Waals surface area contributed by atoms with Crippen molar-refractivity contribution in [1.29, 1.82) is 0 Å². The van der Waals surface area contributed by atoms with E-state index in [0.29, 0.717) is 16.7 Å². The van der Waals surface area contributed by atoms with Gasteiger partial charge in [0.25, 0.3) is 10.0 Å². The number of sulfonamides is 1. The summed E-state index contributed by atoms with van der Waals surface area (Å²) in [6, 6.07) is 8.74. The summed E-state index contributed by atoms with van der Waals surface area (Å²) in [7, 11) is -4.49. The smallest absolute Gasteiger partial charge is 0.311 e. The predicted octanol–water partition coefficient (Wildman–Crippen LogP) is 4.24. The molecule has 2 heterocycles. The molecule has 192 valence electrons. The number of alkyl halides is 3. The molecule has 12 heteroatoms. The van der Waals surface area contributed by atoms with E-state index in [1.54, 1.807) is 38.1 Å². The third-order valence-corrected chi connectivity index (χ3v) is 8.11. The third kappa shape index (κ3) is 4.81. The zero-order valence-electron chi connectivity index (χ0n) is 19.4. The molecule has 2 aromatic carbocycles. The lowest BCUT2D eigenvalue weighted by Gasteiger charge is -2.46. The summed E-state index contributed by atoms with van der Waals surface area (Å²) in [6.45, 7) is 3.20. The first-order valence-electron chi connectivity index (χ1n) is 11.1. The predicted molar refractivity (Wildman–Crippen MR) is 126 cm³/mol. The molecule has 36 heavy (non-hydrogen) atoms. The van der Waals surface area contributed by atoms with Gasteiger partial charge in [-0.05, 0) is 49.7 Å². The van der Waals surface area contributed by atoms with Gasteiger partial charge in [0.15, 0.2) is 0 Å². The van der Waals surface area contributed by atoms with Gasteiger partial charge in [-0.2, -0.15) is 13.2 Å². The minimum atomic E-state index is -4.73. The Bertz CT molecular complexity index is 1330. The summed E-state index contributed by atoms with van der Waals surface area (Å²) in [6.07, 6.45) is -3.58. The van der Waals surface area contributed by atoms with Crippen molar-refractivity contribution in [2.24, 2.45) is 0 Å². The molecule has 2 amide bonds. The summed E-state index contributed by atoms with van der Waals surface area (Å²) < 4.78 is 67.8. The molecule has 0 N–H and O–H groups in total. The molecule has 1 saturated heterocycles. The molecule has 0 bridgehead atoms. The fourth-order valence-corrected chi connectivity index (χ4v) is 5.86. The Labute approximate surface area is 211 Å². The number of benzene rings is 2. The molecule has 4 rings (SSSR count). The topological polar surface area (TPSA) is 78.0 Å². The molecule has 0 aliphatic carbocycles. The van der Waals surface area contributed by atoms with Crippen molar-refractivity contribution in [3.8, 4) is 0 Å². The number of nitrogens with zero attached hydrogens (tertiary/aromatic N) is 3.